The quantitative estimate of drug-likeness (QED) is 0.184. The number of aryl methyl sites for hydroxylation is 2. The molecule has 6 nitrogen and oxygen atoms in total. The second-order valence-electron chi connectivity index (χ2n) is 10.7. The minimum Gasteiger partial charge on any atom is -0.509 e. The van der Waals surface area contributed by atoms with Crippen LogP contribution in [-0.4, -0.2) is 21.4 Å². The second-order valence-corrected chi connectivity index (χ2v) is 10.7. The van der Waals surface area contributed by atoms with E-state index in [1.54, 1.807) is 0 Å². The minimum atomic E-state index is -0.000504. The number of benzene rings is 2. The summed E-state index contributed by atoms with van der Waals surface area (Å²) in [6.07, 6.45) is 1.86. The molecule has 0 atom stereocenters. The summed E-state index contributed by atoms with van der Waals surface area (Å²) in [5.74, 6) is 1.17. The molecular weight excluding hydrogens is 665 g/mol. The molecule has 6 rings (SSSR count). The SMILES string of the molecule is Cc1nc2cc(Oc3[c-]c(N4[CH-]N(C)c5ccccc54)ccc3)[c-]c(-c3cc(C(C)(C)C)ccn3)n2c1C.[Pt]. The van der Waals surface area contributed by atoms with Crippen LogP contribution in [0.2, 0.25) is 0 Å². The summed E-state index contributed by atoms with van der Waals surface area (Å²) in [5, 5.41) is 0. The van der Waals surface area contributed by atoms with E-state index >= 15 is 0 Å². The number of pyridine rings is 2. The van der Waals surface area contributed by atoms with Gasteiger partial charge in [0.05, 0.1) is 11.3 Å². The van der Waals surface area contributed by atoms with Gasteiger partial charge in [-0.25, -0.2) is 4.98 Å². The molecule has 202 valence electrons. The number of ether oxygens (including phenoxy) is 1. The zero-order valence-electron chi connectivity index (χ0n) is 22.9. The maximum atomic E-state index is 6.36. The third-order valence-electron chi connectivity index (χ3n) is 7.01. The molecule has 0 radical (unpaired) electrons. The molecule has 7 heteroatoms. The first-order chi connectivity index (χ1) is 18.2. The molecule has 4 heterocycles. The Kier molecular flexibility index (Phi) is 7.02. The Bertz CT molecular complexity index is 1670. The van der Waals surface area contributed by atoms with E-state index in [4.69, 9.17) is 14.7 Å². The molecule has 5 aromatic rings. The molecule has 0 amide bonds. The van der Waals surface area contributed by atoms with Crippen molar-refractivity contribution in [3.63, 3.8) is 0 Å². The van der Waals surface area contributed by atoms with Crippen molar-refractivity contribution < 1.29 is 25.8 Å². The summed E-state index contributed by atoms with van der Waals surface area (Å²) >= 11 is 0. The average Bonchev–Trinajstić information content (AvgIpc) is 3.39. The first-order valence-corrected chi connectivity index (χ1v) is 12.7. The van der Waals surface area contributed by atoms with E-state index in [1.807, 2.05) is 56.6 Å². The van der Waals surface area contributed by atoms with Crippen LogP contribution < -0.4 is 14.5 Å². The van der Waals surface area contributed by atoms with Gasteiger partial charge in [0.2, 0.25) is 0 Å². The Balaban J connectivity index is 0.00000308. The molecule has 0 saturated heterocycles. The van der Waals surface area contributed by atoms with Crippen molar-refractivity contribution in [2.75, 3.05) is 16.8 Å². The number of hydrogen-bond acceptors (Lipinski definition) is 5. The number of imidazole rings is 1. The third kappa shape index (κ3) is 4.94. The maximum Gasteiger partial charge on any atom is 0.0834 e. The van der Waals surface area contributed by atoms with Gasteiger partial charge in [-0.1, -0.05) is 50.6 Å². The number of fused-ring (bicyclic) bond motifs is 2. The summed E-state index contributed by atoms with van der Waals surface area (Å²) in [4.78, 5) is 13.7. The van der Waals surface area contributed by atoms with Crippen LogP contribution in [0.3, 0.4) is 0 Å². The molecule has 0 spiro atoms. The third-order valence-corrected chi connectivity index (χ3v) is 7.01. The fourth-order valence-corrected chi connectivity index (χ4v) is 4.81. The van der Waals surface area contributed by atoms with Crippen molar-refractivity contribution in [1.29, 1.82) is 0 Å². The Morgan fingerprint density at radius 2 is 1.67 bits per heavy atom. The predicted molar refractivity (Wildman–Crippen MR) is 152 cm³/mol. The van der Waals surface area contributed by atoms with Crippen molar-refractivity contribution >= 4 is 22.7 Å². The average molecular weight is 696 g/mol. The molecule has 0 N–H and O–H groups in total. The van der Waals surface area contributed by atoms with Gasteiger partial charge in [0, 0.05) is 55.8 Å². The molecule has 0 aliphatic carbocycles. The van der Waals surface area contributed by atoms with Gasteiger partial charge in [0.15, 0.2) is 0 Å². The van der Waals surface area contributed by atoms with Gasteiger partial charge in [-0.3, -0.25) is 0 Å². The van der Waals surface area contributed by atoms with Gasteiger partial charge in [-0.2, -0.15) is 12.7 Å². The van der Waals surface area contributed by atoms with Crippen LogP contribution in [0.4, 0.5) is 17.1 Å². The van der Waals surface area contributed by atoms with Crippen LogP contribution in [0, 0.1) is 32.6 Å². The van der Waals surface area contributed by atoms with E-state index in [-0.39, 0.29) is 26.5 Å². The normalized spacial score (nSPS) is 13.0. The van der Waals surface area contributed by atoms with Gasteiger partial charge < -0.3 is 23.9 Å². The Hall–Kier alpha value is -3.63. The molecular formula is C32H30N5OPt-3. The summed E-state index contributed by atoms with van der Waals surface area (Å²) in [7, 11) is 2.04. The zero-order chi connectivity index (χ0) is 26.6. The molecule has 0 saturated carbocycles. The standard InChI is InChI=1S/C32H30N5O.Pt/c1-21-22(2)37-30(27-16-23(14-15-33-27)32(3,4)5)18-26(19-31(37)34-21)38-25-11-9-10-24(17-25)36-20-35(6)28-12-7-8-13-29(28)36;/h7-16,19-20H,1-6H3;/q-3;. The van der Waals surface area contributed by atoms with Crippen molar-refractivity contribution in [1.82, 2.24) is 14.4 Å². The minimum absolute atomic E-state index is 0. The van der Waals surface area contributed by atoms with Crippen LogP contribution in [0.1, 0.15) is 37.7 Å². The number of aromatic nitrogens is 3. The second kappa shape index (κ2) is 10.2. The maximum absolute atomic E-state index is 6.36. The van der Waals surface area contributed by atoms with Crippen molar-refractivity contribution in [2.24, 2.45) is 0 Å². The zero-order valence-corrected chi connectivity index (χ0v) is 25.2. The van der Waals surface area contributed by atoms with Crippen molar-refractivity contribution in [3.8, 4) is 22.9 Å². The van der Waals surface area contributed by atoms with Crippen molar-refractivity contribution in [3.05, 3.63) is 103 Å². The molecule has 2 aromatic carbocycles. The van der Waals surface area contributed by atoms with Crippen LogP contribution in [0.25, 0.3) is 17.0 Å². The number of nitrogens with zero attached hydrogens (tertiary/aromatic N) is 5. The number of anilines is 3. The monoisotopic (exact) mass is 695 g/mol. The van der Waals surface area contributed by atoms with Gasteiger partial charge in [0.25, 0.3) is 0 Å². The first kappa shape index (κ1) is 27.0. The summed E-state index contributed by atoms with van der Waals surface area (Å²) < 4.78 is 8.46. The molecule has 0 unspecified atom stereocenters. The van der Waals surface area contributed by atoms with Gasteiger partial charge in [-0.15, -0.1) is 30.0 Å². The Labute approximate surface area is 244 Å². The van der Waals surface area contributed by atoms with E-state index in [0.717, 1.165) is 45.5 Å². The van der Waals surface area contributed by atoms with Crippen LogP contribution in [0.15, 0.2) is 66.9 Å². The first-order valence-electron chi connectivity index (χ1n) is 12.7. The topological polar surface area (TPSA) is 45.9 Å². The van der Waals surface area contributed by atoms with Crippen LogP contribution in [-0.2, 0) is 26.5 Å². The summed E-state index contributed by atoms with van der Waals surface area (Å²) in [6.45, 7) is 12.8. The fourth-order valence-electron chi connectivity index (χ4n) is 4.81. The molecule has 39 heavy (non-hydrogen) atoms. The smallest absolute Gasteiger partial charge is 0.0834 e. The van der Waals surface area contributed by atoms with Gasteiger partial charge in [0.1, 0.15) is 0 Å². The van der Waals surface area contributed by atoms with E-state index in [2.05, 4.69) is 85.0 Å². The van der Waals surface area contributed by atoms with Crippen LogP contribution >= 0.6 is 0 Å². The molecule has 1 aliphatic heterocycles. The van der Waals surface area contributed by atoms with Gasteiger partial charge in [-0.05, 0) is 55.9 Å². The number of rotatable bonds is 4. The van der Waals surface area contributed by atoms with E-state index < -0.39 is 0 Å². The number of para-hydroxylation sites is 2. The fraction of sp³-hybridized carbons (Fsp3) is 0.219. The Morgan fingerprint density at radius 1 is 0.897 bits per heavy atom. The van der Waals surface area contributed by atoms with E-state index in [0.29, 0.717) is 11.5 Å². The number of hydrogen-bond donors (Lipinski definition) is 0. The Morgan fingerprint density at radius 3 is 2.44 bits per heavy atom. The molecule has 0 bridgehead atoms. The summed E-state index contributed by atoms with van der Waals surface area (Å²) in [6, 6.07) is 27.3. The molecule has 1 aliphatic rings. The van der Waals surface area contributed by atoms with Crippen molar-refractivity contribution in [2.45, 2.75) is 40.0 Å². The molecule has 0 fully saturated rings. The van der Waals surface area contributed by atoms with E-state index in [9.17, 15) is 0 Å². The van der Waals surface area contributed by atoms with E-state index in [1.165, 1.54) is 5.56 Å². The molecule has 3 aromatic heterocycles. The van der Waals surface area contributed by atoms with Crippen LogP contribution in [0.5, 0.6) is 11.5 Å². The van der Waals surface area contributed by atoms with Gasteiger partial charge >= 0.3 is 0 Å². The largest absolute Gasteiger partial charge is 0.509 e. The summed E-state index contributed by atoms with van der Waals surface area (Å²) in [5.41, 5.74) is 8.82. The predicted octanol–water partition coefficient (Wildman–Crippen LogP) is 7.41.